The predicted molar refractivity (Wildman–Crippen MR) is 76.0 cm³/mol. The zero-order valence-electron chi connectivity index (χ0n) is 11.8. The Bertz CT molecular complexity index is 457. The molecule has 0 aliphatic rings. The maximum atomic E-state index is 11.7. The first-order valence-corrected chi connectivity index (χ1v) is 6.40. The Labute approximate surface area is 118 Å². The van der Waals surface area contributed by atoms with Crippen LogP contribution in [0.1, 0.15) is 20.8 Å². The summed E-state index contributed by atoms with van der Waals surface area (Å²) in [5, 5.41) is 14.0. The quantitative estimate of drug-likeness (QED) is 0.746. The molecule has 1 aromatic carbocycles. The second-order valence-corrected chi connectivity index (χ2v) is 4.84. The van der Waals surface area contributed by atoms with E-state index in [4.69, 9.17) is 9.84 Å². The Kier molecular flexibility index (Phi) is 5.83. The molecule has 20 heavy (non-hydrogen) atoms. The number of nitrogens with one attached hydrogen (secondary N) is 2. The Morgan fingerprint density at radius 3 is 2.30 bits per heavy atom. The van der Waals surface area contributed by atoms with Gasteiger partial charge in [-0.15, -0.1) is 0 Å². The third-order valence-corrected chi connectivity index (χ3v) is 2.83. The molecule has 1 aromatic rings. The molecule has 0 aromatic heterocycles. The molecule has 6 nitrogen and oxygen atoms in total. The summed E-state index contributed by atoms with van der Waals surface area (Å²) in [5.74, 6) is -0.240. The number of hydrogen-bond donors (Lipinski definition) is 3. The molecule has 0 saturated carbocycles. The van der Waals surface area contributed by atoms with Gasteiger partial charge in [-0.05, 0) is 37.1 Å². The first-order chi connectivity index (χ1) is 9.38. The molecular formula is C14H20N2O4. The molecule has 6 heteroatoms. The van der Waals surface area contributed by atoms with Gasteiger partial charge in [0.2, 0.25) is 0 Å². The number of urea groups is 1. The average Bonchev–Trinajstić information content (AvgIpc) is 2.37. The summed E-state index contributed by atoms with van der Waals surface area (Å²) in [4.78, 5) is 22.0. The van der Waals surface area contributed by atoms with E-state index < -0.39 is 5.97 Å². The Morgan fingerprint density at radius 1 is 1.20 bits per heavy atom. The van der Waals surface area contributed by atoms with E-state index in [1.807, 2.05) is 20.8 Å². The van der Waals surface area contributed by atoms with Gasteiger partial charge in [0.25, 0.3) is 0 Å². The maximum absolute atomic E-state index is 11.7. The molecule has 0 bridgehead atoms. The van der Waals surface area contributed by atoms with E-state index in [1.54, 1.807) is 24.3 Å². The van der Waals surface area contributed by atoms with Crippen LogP contribution in [-0.2, 0) is 4.79 Å². The second kappa shape index (κ2) is 7.37. The van der Waals surface area contributed by atoms with Crippen LogP contribution >= 0.6 is 0 Å². The summed E-state index contributed by atoms with van der Waals surface area (Å²) in [7, 11) is 0. The van der Waals surface area contributed by atoms with Gasteiger partial charge < -0.3 is 20.5 Å². The van der Waals surface area contributed by atoms with Crippen LogP contribution in [0.4, 0.5) is 10.5 Å². The van der Waals surface area contributed by atoms with Crippen molar-refractivity contribution in [2.75, 3.05) is 11.9 Å². The van der Waals surface area contributed by atoms with Crippen molar-refractivity contribution in [3.63, 3.8) is 0 Å². The van der Waals surface area contributed by atoms with E-state index >= 15 is 0 Å². The molecule has 1 rings (SSSR count). The summed E-state index contributed by atoms with van der Waals surface area (Å²) in [6.45, 7) is 5.60. The zero-order valence-corrected chi connectivity index (χ0v) is 11.8. The molecule has 0 fully saturated rings. The van der Waals surface area contributed by atoms with E-state index in [1.165, 1.54) is 0 Å². The number of amides is 2. The van der Waals surface area contributed by atoms with Gasteiger partial charge in [0, 0.05) is 11.7 Å². The maximum Gasteiger partial charge on any atom is 0.341 e. The van der Waals surface area contributed by atoms with Crippen molar-refractivity contribution < 1.29 is 19.4 Å². The molecule has 0 heterocycles. The van der Waals surface area contributed by atoms with E-state index in [0.717, 1.165) is 0 Å². The molecular weight excluding hydrogens is 260 g/mol. The van der Waals surface area contributed by atoms with Gasteiger partial charge in [0.15, 0.2) is 6.61 Å². The monoisotopic (exact) mass is 280 g/mol. The van der Waals surface area contributed by atoms with Crippen LogP contribution in [0.15, 0.2) is 24.3 Å². The number of carbonyl (C=O) groups is 2. The van der Waals surface area contributed by atoms with Gasteiger partial charge in [0.05, 0.1) is 0 Å². The van der Waals surface area contributed by atoms with Gasteiger partial charge in [-0.2, -0.15) is 0 Å². The van der Waals surface area contributed by atoms with Crippen LogP contribution in [0, 0.1) is 5.92 Å². The molecule has 1 unspecified atom stereocenters. The van der Waals surface area contributed by atoms with Crippen molar-refractivity contribution in [1.82, 2.24) is 5.32 Å². The first-order valence-electron chi connectivity index (χ1n) is 6.40. The van der Waals surface area contributed by atoms with E-state index in [-0.39, 0.29) is 18.7 Å². The van der Waals surface area contributed by atoms with Crippen LogP contribution in [-0.4, -0.2) is 29.8 Å². The van der Waals surface area contributed by atoms with Gasteiger partial charge >= 0.3 is 12.0 Å². The average molecular weight is 280 g/mol. The van der Waals surface area contributed by atoms with Crippen molar-refractivity contribution >= 4 is 17.7 Å². The number of carboxylic acid groups (broad SMARTS) is 1. The standard InChI is InChI=1S/C14H20N2O4/c1-9(2)10(3)15-14(19)16-11-4-6-12(7-5-11)20-8-13(17)18/h4-7,9-10H,8H2,1-3H3,(H,17,18)(H2,15,16,19). The van der Waals surface area contributed by atoms with Gasteiger partial charge in [-0.25, -0.2) is 9.59 Å². The van der Waals surface area contributed by atoms with E-state index in [0.29, 0.717) is 17.4 Å². The predicted octanol–water partition coefficient (Wildman–Crippen LogP) is 2.32. The topological polar surface area (TPSA) is 87.7 Å². The highest BCUT2D eigenvalue weighted by Gasteiger charge is 2.10. The minimum atomic E-state index is -1.03. The summed E-state index contributed by atoms with van der Waals surface area (Å²) >= 11 is 0. The number of carboxylic acids is 1. The van der Waals surface area contributed by atoms with Crippen molar-refractivity contribution in [3.8, 4) is 5.75 Å². The zero-order chi connectivity index (χ0) is 15.1. The van der Waals surface area contributed by atoms with Crippen LogP contribution < -0.4 is 15.4 Å². The lowest BCUT2D eigenvalue weighted by molar-refractivity contribution is -0.139. The van der Waals surface area contributed by atoms with Crippen molar-refractivity contribution in [2.24, 2.45) is 5.92 Å². The summed E-state index contributed by atoms with van der Waals surface area (Å²) < 4.78 is 5.00. The number of benzene rings is 1. The Balaban J connectivity index is 2.48. The third kappa shape index (κ3) is 5.60. The largest absolute Gasteiger partial charge is 0.482 e. The van der Waals surface area contributed by atoms with Gasteiger partial charge in [-0.3, -0.25) is 0 Å². The molecule has 0 saturated heterocycles. The van der Waals surface area contributed by atoms with Crippen LogP contribution in [0.3, 0.4) is 0 Å². The number of aliphatic carboxylic acids is 1. The molecule has 0 radical (unpaired) electrons. The van der Waals surface area contributed by atoms with Crippen LogP contribution in [0.2, 0.25) is 0 Å². The number of carbonyl (C=O) groups excluding carboxylic acids is 1. The normalized spacial score (nSPS) is 11.8. The smallest absolute Gasteiger partial charge is 0.341 e. The molecule has 110 valence electrons. The van der Waals surface area contributed by atoms with Crippen LogP contribution in [0.5, 0.6) is 5.75 Å². The summed E-state index contributed by atoms with van der Waals surface area (Å²) in [6, 6.07) is 6.31. The molecule has 1 atom stereocenters. The summed E-state index contributed by atoms with van der Waals surface area (Å²) in [6.07, 6.45) is 0. The third-order valence-electron chi connectivity index (χ3n) is 2.83. The van der Waals surface area contributed by atoms with Crippen LogP contribution in [0.25, 0.3) is 0 Å². The highest BCUT2D eigenvalue weighted by Crippen LogP contribution is 2.15. The van der Waals surface area contributed by atoms with E-state index in [2.05, 4.69) is 10.6 Å². The van der Waals surface area contributed by atoms with Crippen molar-refractivity contribution in [1.29, 1.82) is 0 Å². The number of rotatable bonds is 6. The SMILES string of the molecule is CC(C)C(C)NC(=O)Nc1ccc(OCC(=O)O)cc1. The van der Waals surface area contributed by atoms with Crippen molar-refractivity contribution in [2.45, 2.75) is 26.8 Å². The minimum Gasteiger partial charge on any atom is -0.482 e. The van der Waals surface area contributed by atoms with E-state index in [9.17, 15) is 9.59 Å². The lowest BCUT2D eigenvalue weighted by Gasteiger charge is -2.17. The Morgan fingerprint density at radius 2 is 1.80 bits per heavy atom. The molecule has 3 N–H and O–H groups in total. The number of ether oxygens (including phenoxy) is 1. The summed E-state index contributed by atoms with van der Waals surface area (Å²) in [5.41, 5.74) is 0.612. The fourth-order valence-corrected chi connectivity index (χ4v) is 1.32. The second-order valence-electron chi connectivity index (χ2n) is 4.84. The number of hydrogen-bond acceptors (Lipinski definition) is 3. The fourth-order valence-electron chi connectivity index (χ4n) is 1.32. The highest BCUT2D eigenvalue weighted by atomic mass is 16.5. The molecule has 2 amide bonds. The number of anilines is 1. The van der Waals surface area contributed by atoms with Gasteiger partial charge in [0.1, 0.15) is 5.75 Å². The lowest BCUT2D eigenvalue weighted by atomic mass is 10.1. The fraction of sp³-hybridized carbons (Fsp3) is 0.429. The molecule has 0 aliphatic carbocycles. The van der Waals surface area contributed by atoms with Crippen molar-refractivity contribution in [3.05, 3.63) is 24.3 Å². The Hall–Kier alpha value is -2.24. The lowest BCUT2D eigenvalue weighted by Crippen LogP contribution is -2.38. The highest BCUT2D eigenvalue weighted by molar-refractivity contribution is 5.89. The first kappa shape index (κ1) is 15.8. The molecule has 0 aliphatic heterocycles. The van der Waals surface area contributed by atoms with Gasteiger partial charge in [-0.1, -0.05) is 13.8 Å². The minimum absolute atomic E-state index is 0.0770. The molecule has 0 spiro atoms.